The fraction of sp³-hybridized carbons (Fsp3) is 0.545. The summed E-state index contributed by atoms with van der Waals surface area (Å²) in [6.07, 6.45) is 0.424. The number of carbonyl (C=O) groups excluding carboxylic acids is 2. The van der Waals surface area contributed by atoms with E-state index in [1.807, 2.05) is 0 Å². The lowest BCUT2D eigenvalue weighted by Crippen LogP contribution is -2.44. The van der Waals surface area contributed by atoms with Crippen LogP contribution in [0.15, 0.2) is 12.7 Å². The van der Waals surface area contributed by atoms with E-state index in [1.54, 1.807) is 20.8 Å². The SMILES string of the molecule is C=CC(=O)N[C@@H](CC(=O)O)C(=O)OC(C)(C)C. The second-order valence-corrected chi connectivity index (χ2v) is 4.40. The summed E-state index contributed by atoms with van der Waals surface area (Å²) >= 11 is 0. The molecule has 0 aliphatic carbocycles. The molecule has 0 aromatic carbocycles. The van der Waals surface area contributed by atoms with E-state index in [9.17, 15) is 14.4 Å². The van der Waals surface area contributed by atoms with Crippen LogP contribution < -0.4 is 5.32 Å². The molecule has 6 nitrogen and oxygen atoms in total. The highest BCUT2D eigenvalue weighted by atomic mass is 16.6. The molecule has 0 aliphatic rings. The van der Waals surface area contributed by atoms with Gasteiger partial charge < -0.3 is 15.2 Å². The van der Waals surface area contributed by atoms with Crippen LogP contribution >= 0.6 is 0 Å². The van der Waals surface area contributed by atoms with Crippen molar-refractivity contribution in [2.24, 2.45) is 0 Å². The summed E-state index contributed by atoms with van der Waals surface area (Å²) in [7, 11) is 0. The third kappa shape index (κ3) is 7.10. The zero-order valence-corrected chi connectivity index (χ0v) is 10.1. The number of carbonyl (C=O) groups is 3. The van der Waals surface area contributed by atoms with Gasteiger partial charge in [-0.1, -0.05) is 6.58 Å². The van der Waals surface area contributed by atoms with Crippen LogP contribution in [0.5, 0.6) is 0 Å². The maximum Gasteiger partial charge on any atom is 0.329 e. The van der Waals surface area contributed by atoms with E-state index >= 15 is 0 Å². The van der Waals surface area contributed by atoms with Crippen LogP contribution in [0.4, 0.5) is 0 Å². The first-order valence-corrected chi connectivity index (χ1v) is 5.03. The zero-order chi connectivity index (χ0) is 13.6. The first kappa shape index (κ1) is 15.2. The summed E-state index contributed by atoms with van der Waals surface area (Å²) in [5, 5.41) is 10.8. The van der Waals surface area contributed by atoms with Gasteiger partial charge in [0.2, 0.25) is 5.91 Å². The van der Waals surface area contributed by atoms with Gasteiger partial charge in [0.15, 0.2) is 0 Å². The summed E-state index contributed by atoms with van der Waals surface area (Å²) in [6, 6.07) is -1.21. The number of hydrogen-bond acceptors (Lipinski definition) is 4. The molecule has 1 atom stereocenters. The maximum atomic E-state index is 11.6. The Balaban J connectivity index is 4.67. The molecule has 17 heavy (non-hydrogen) atoms. The number of carboxylic acids is 1. The quantitative estimate of drug-likeness (QED) is 0.541. The minimum absolute atomic E-state index is 0.533. The largest absolute Gasteiger partial charge is 0.481 e. The Hall–Kier alpha value is -1.85. The molecule has 0 saturated heterocycles. The molecule has 0 aromatic rings. The molecule has 0 aliphatic heterocycles. The Bertz CT molecular complexity index is 329. The Labute approximate surface area is 99.6 Å². The average molecular weight is 243 g/mol. The van der Waals surface area contributed by atoms with E-state index in [0.717, 1.165) is 6.08 Å². The van der Waals surface area contributed by atoms with Crippen molar-refractivity contribution in [3.8, 4) is 0 Å². The van der Waals surface area contributed by atoms with Gasteiger partial charge in [0.25, 0.3) is 0 Å². The number of hydrogen-bond donors (Lipinski definition) is 2. The molecule has 0 heterocycles. The first-order valence-electron chi connectivity index (χ1n) is 5.03. The third-order valence-corrected chi connectivity index (χ3v) is 1.57. The molecule has 0 unspecified atom stereocenters. The number of nitrogens with one attached hydrogen (secondary N) is 1. The Morgan fingerprint density at radius 2 is 1.94 bits per heavy atom. The summed E-state index contributed by atoms with van der Waals surface area (Å²) in [5.41, 5.74) is -0.743. The first-order chi connectivity index (χ1) is 7.65. The van der Waals surface area contributed by atoms with Crippen LogP contribution in [-0.4, -0.2) is 34.6 Å². The van der Waals surface area contributed by atoms with Crippen LogP contribution in [0.1, 0.15) is 27.2 Å². The molecule has 0 rings (SSSR count). The standard InChI is InChI=1S/C11H17NO5/c1-5-8(13)12-7(6-9(14)15)10(16)17-11(2,3)4/h5,7H,1,6H2,2-4H3,(H,12,13)(H,14,15)/t7-/m0/s1. The monoisotopic (exact) mass is 243 g/mol. The van der Waals surface area contributed by atoms with Gasteiger partial charge in [-0.15, -0.1) is 0 Å². The fourth-order valence-electron chi connectivity index (χ4n) is 0.971. The molecule has 0 radical (unpaired) electrons. The highest BCUT2D eigenvalue weighted by Crippen LogP contribution is 2.09. The number of rotatable bonds is 5. The normalized spacial score (nSPS) is 12.4. The lowest BCUT2D eigenvalue weighted by molar-refractivity contribution is -0.160. The van der Waals surface area contributed by atoms with E-state index < -0.39 is 35.9 Å². The second kappa shape index (κ2) is 6.03. The van der Waals surface area contributed by atoms with Gasteiger partial charge in [0.1, 0.15) is 11.6 Å². The lowest BCUT2D eigenvalue weighted by atomic mass is 10.1. The third-order valence-electron chi connectivity index (χ3n) is 1.57. The molecule has 1 amide bonds. The summed E-state index contributed by atoms with van der Waals surface area (Å²) in [5.74, 6) is -2.61. The van der Waals surface area contributed by atoms with Crippen molar-refractivity contribution >= 4 is 17.8 Å². The van der Waals surface area contributed by atoms with Crippen LogP contribution in [0.25, 0.3) is 0 Å². The average Bonchev–Trinajstić information content (AvgIpc) is 2.13. The van der Waals surface area contributed by atoms with Gasteiger partial charge in [0.05, 0.1) is 6.42 Å². The Kier molecular flexibility index (Phi) is 5.37. The molecule has 0 spiro atoms. The minimum atomic E-state index is -1.21. The highest BCUT2D eigenvalue weighted by Gasteiger charge is 2.28. The van der Waals surface area contributed by atoms with Crippen LogP contribution in [-0.2, 0) is 19.1 Å². The number of ether oxygens (including phenoxy) is 1. The molecule has 6 heteroatoms. The van der Waals surface area contributed by atoms with Crippen molar-refractivity contribution in [1.82, 2.24) is 5.32 Å². The number of aliphatic carboxylic acids is 1. The summed E-state index contributed by atoms with van der Waals surface area (Å²) in [4.78, 5) is 33.2. The van der Waals surface area contributed by atoms with Gasteiger partial charge in [-0.2, -0.15) is 0 Å². The minimum Gasteiger partial charge on any atom is -0.481 e. The van der Waals surface area contributed by atoms with Gasteiger partial charge in [-0.3, -0.25) is 9.59 Å². The van der Waals surface area contributed by atoms with Crippen molar-refractivity contribution in [3.05, 3.63) is 12.7 Å². The molecule has 0 fully saturated rings. The predicted molar refractivity (Wildman–Crippen MR) is 60.2 cm³/mol. The van der Waals surface area contributed by atoms with Crippen molar-refractivity contribution in [2.75, 3.05) is 0 Å². The topological polar surface area (TPSA) is 92.7 Å². The van der Waals surface area contributed by atoms with Gasteiger partial charge in [-0.05, 0) is 26.8 Å². The number of carboxylic acid groups (broad SMARTS) is 1. The number of esters is 1. The van der Waals surface area contributed by atoms with Crippen LogP contribution in [0.3, 0.4) is 0 Å². The van der Waals surface area contributed by atoms with Crippen LogP contribution in [0.2, 0.25) is 0 Å². The van der Waals surface area contributed by atoms with Gasteiger partial charge in [0, 0.05) is 0 Å². The molecule has 2 N–H and O–H groups in total. The van der Waals surface area contributed by atoms with E-state index in [2.05, 4.69) is 11.9 Å². The van der Waals surface area contributed by atoms with Crippen molar-refractivity contribution < 1.29 is 24.2 Å². The summed E-state index contributed by atoms with van der Waals surface area (Å²) in [6.45, 7) is 8.17. The van der Waals surface area contributed by atoms with E-state index in [1.165, 1.54) is 0 Å². The number of amides is 1. The molecule has 0 saturated carbocycles. The molecule has 96 valence electrons. The lowest BCUT2D eigenvalue weighted by Gasteiger charge is -2.23. The maximum absolute atomic E-state index is 11.6. The molecular weight excluding hydrogens is 226 g/mol. The van der Waals surface area contributed by atoms with Crippen molar-refractivity contribution in [3.63, 3.8) is 0 Å². The predicted octanol–water partition coefficient (Wildman–Crippen LogP) is 0.474. The Morgan fingerprint density at radius 1 is 1.41 bits per heavy atom. The van der Waals surface area contributed by atoms with E-state index in [4.69, 9.17) is 9.84 Å². The zero-order valence-electron chi connectivity index (χ0n) is 10.1. The van der Waals surface area contributed by atoms with Crippen molar-refractivity contribution in [1.29, 1.82) is 0 Å². The molecule has 0 aromatic heterocycles. The van der Waals surface area contributed by atoms with E-state index in [-0.39, 0.29) is 0 Å². The van der Waals surface area contributed by atoms with E-state index in [0.29, 0.717) is 0 Å². The fourth-order valence-corrected chi connectivity index (χ4v) is 0.971. The molecular formula is C11H17NO5. The van der Waals surface area contributed by atoms with Gasteiger partial charge in [-0.25, -0.2) is 4.79 Å². The Morgan fingerprint density at radius 3 is 2.29 bits per heavy atom. The summed E-state index contributed by atoms with van der Waals surface area (Å²) < 4.78 is 4.99. The highest BCUT2D eigenvalue weighted by molar-refractivity contribution is 5.92. The van der Waals surface area contributed by atoms with Crippen molar-refractivity contribution in [2.45, 2.75) is 38.8 Å². The second-order valence-electron chi connectivity index (χ2n) is 4.40. The van der Waals surface area contributed by atoms with Gasteiger partial charge >= 0.3 is 11.9 Å². The van der Waals surface area contributed by atoms with Crippen LogP contribution in [0, 0.1) is 0 Å². The molecule has 0 bridgehead atoms. The smallest absolute Gasteiger partial charge is 0.329 e.